The number of fused-ring (bicyclic) bond motifs is 1. The molecule has 0 N–H and O–H groups in total. The van der Waals surface area contributed by atoms with Crippen molar-refractivity contribution in [3.8, 4) is 34.0 Å². The van der Waals surface area contributed by atoms with Crippen molar-refractivity contribution < 1.29 is 18.5 Å². The molecule has 3 aromatic carbocycles. The lowest BCUT2D eigenvalue weighted by atomic mass is 10.0. The summed E-state index contributed by atoms with van der Waals surface area (Å²) in [5.41, 5.74) is 4.76. The van der Waals surface area contributed by atoms with Crippen LogP contribution in [0.3, 0.4) is 0 Å². The van der Waals surface area contributed by atoms with Gasteiger partial charge in [-0.05, 0) is 19.1 Å². The van der Waals surface area contributed by atoms with Crippen molar-refractivity contribution in [3.05, 3.63) is 108 Å². The monoisotopic (exact) mass is 488 g/mol. The fraction of sp³-hybridized carbons (Fsp3) is 0.0690. The van der Waals surface area contributed by atoms with Crippen molar-refractivity contribution in [1.82, 2.24) is 20.3 Å². The minimum atomic E-state index is -0.512. The van der Waals surface area contributed by atoms with E-state index in [1.807, 2.05) is 84.9 Å². The first-order valence-electron chi connectivity index (χ1n) is 11.6. The van der Waals surface area contributed by atoms with E-state index in [2.05, 4.69) is 15.4 Å². The van der Waals surface area contributed by atoms with Gasteiger partial charge in [0.1, 0.15) is 17.0 Å². The molecule has 0 aliphatic heterocycles. The van der Waals surface area contributed by atoms with Crippen molar-refractivity contribution in [2.45, 2.75) is 13.5 Å². The largest absolute Gasteiger partial charge is 0.452 e. The molecule has 37 heavy (non-hydrogen) atoms. The molecule has 0 saturated heterocycles. The van der Waals surface area contributed by atoms with E-state index < -0.39 is 5.97 Å². The van der Waals surface area contributed by atoms with Crippen LogP contribution in [0, 0.1) is 6.92 Å². The first kappa shape index (κ1) is 22.4. The Morgan fingerprint density at radius 1 is 0.865 bits per heavy atom. The average molecular weight is 489 g/mol. The molecule has 0 saturated carbocycles. The second kappa shape index (κ2) is 9.50. The fourth-order valence-electron chi connectivity index (χ4n) is 4.14. The summed E-state index contributed by atoms with van der Waals surface area (Å²) in [4.78, 5) is 17.9. The number of rotatable bonds is 6. The van der Waals surface area contributed by atoms with Gasteiger partial charge in [-0.1, -0.05) is 84.0 Å². The fourth-order valence-corrected chi connectivity index (χ4v) is 4.14. The average Bonchev–Trinajstić information content (AvgIpc) is 3.58. The number of carbonyl (C=O) groups excluding carboxylic acids is 1. The SMILES string of the molecule is Cc1onc(-c2ccccc2)c1-c1nnc(COC(=O)c2cc(-c3ccccc3)nc3ccccc23)o1. The molecule has 0 atom stereocenters. The van der Waals surface area contributed by atoms with Gasteiger partial charge < -0.3 is 13.7 Å². The Labute approximate surface area is 211 Å². The molecular formula is C29H20N4O4. The third-order valence-electron chi connectivity index (χ3n) is 5.92. The topological polar surface area (TPSA) is 104 Å². The van der Waals surface area contributed by atoms with Crippen molar-refractivity contribution >= 4 is 16.9 Å². The van der Waals surface area contributed by atoms with Gasteiger partial charge in [-0.3, -0.25) is 0 Å². The number of hydrogen-bond acceptors (Lipinski definition) is 8. The highest BCUT2D eigenvalue weighted by molar-refractivity contribution is 6.04. The molecule has 0 aliphatic rings. The second-order valence-electron chi connectivity index (χ2n) is 8.34. The Bertz CT molecular complexity index is 1710. The number of para-hydroxylation sites is 1. The standard InChI is InChI=1S/C29H20N4O4/c1-18-26(27(33-37-18)20-12-6-3-7-13-20)28-32-31-25(36-28)17-35-29(34)22-16-24(19-10-4-2-5-11-19)30-23-15-9-8-14-21(22)23/h2-16H,17H2,1H3. The number of aromatic nitrogens is 4. The third kappa shape index (κ3) is 4.36. The van der Waals surface area contributed by atoms with Gasteiger partial charge in [0.25, 0.3) is 11.8 Å². The number of carbonyl (C=O) groups is 1. The summed E-state index contributed by atoms with van der Waals surface area (Å²) in [6, 6.07) is 28.5. The molecule has 8 heteroatoms. The molecule has 3 aromatic heterocycles. The van der Waals surface area contributed by atoms with Gasteiger partial charge >= 0.3 is 5.97 Å². The number of benzene rings is 3. The lowest BCUT2D eigenvalue weighted by Gasteiger charge is -2.09. The Balaban J connectivity index is 1.26. The number of ether oxygens (including phenoxy) is 1. The summed E-state index contributed by atoms with van der Waals surface area (Å²) in [6.07, 6.45) is 0. The molecule has 0 radical (unpaired) electrons. The smallest absolute Gasteiger partial charge is 0.339 e. The Kier molecular flexibility index (Phi) is 5.74. The molecule has 6 rings (SSSR count). The van der Waals surface area contributed by atoms with Crippen molar-refractivity contribution in [3.63, 3.8) is 0 Å². The highest BCUT2D eigenvalue weighted by Crippen LogP contribution is 2.33. The van der Waals surface area contributed by atoms with Crippen molar-refractivity contribution in [2.75, 3.05) is 0 Å². The van der Waals surface area contributed by atoms with E-state index in [-0.39, 0.29) is 18.4 Å². The number of hydrogen-bond donors (Lipinski definition) is 0. The lowest BCUT2D eigenvalue weighted by Crippen LogP contribution is -2.07. The quantitative estimate of drug-likeness (QED) is 0.253. The van der Waals surface area contributed by atoms with Crippen LogP contribution >= 0.6 is 0 Å². The minimum Gasteiger partial charge on any atom is -0.452 e. The summed E-state index contributed by atoms with van der Waals surface area (Å²) >= 11 is 0. The molecule has 0 unspecified atom stereocenters. The van der Waals surface area contributed by atoms with E-state index in [1.165, 1.54) is 0 Å². The van der Waals surface area contributed by atoms with Gasteiger partial charge in [-0.15, -0.1) is 10.2 Å². The molecule has 0 amide bonds. The van der Waals surface area contributed by atoms with E-state index in [4.69, 9.17) is 18.7 Å². The lowest BCUT2D eigenvalue weighted by molar-refractivity contribution is 0.0441. The maximum Gasteiger partial charge on any atom is 0.339 e. The molecule has 0 aliphatic carbocycles. The van der Waals surface area contributed by atoms with Crippen molar-refractivity contribution in [2.24, 2.45) is 0 Å². The minimum absolute atomic E-state index is 0.157. The molecule has 6 aromatic rings. The zero-order chi connectivity index (χ0) is 25.2. The van der Waals surface area contributed by atoms with Crippen LogP contribution < -0.4 is 0 Å². The molecule has 0 fully saturated rings. The molecule has 0 bridgehead atoms. The van der Waals surface area contributed by atoms with E-state index >= 15 is 0 Å². The zero-order valence-corrected chi connectivity index (χ0v) is 19.8. The zero-order valence-electron chi connectivity index (χ0n) is 19.8. The van der Waals surface area contributed by atoms with E-state index in [0.717, 1.165) is 11.1 Å². The van der Waals surface area contributed by atoms with Gasteiger partial charge in [0.2, 0.25) is 0 Å². The number of aryl methyl sites for hydroxylation is 1. The van der Waals surface area contributed by atoms with Crippen LogP contribution in [0.5, 0.6) is 0 Å². The third-order valence-corrected chi connectivity index (χ3v) is 5.92. The molecule has 8 nitrogen and oxygen atoms in total. The number of esters is 1. The second-order valence-corrected chi connectivity index (χ2v) is 8.34. The van der Waals surface area contributed by atoms with Gasteiger partial charge in [-0.2, -0.15) is 0 Å². The molecular weight excluding hydrogens is 468 g/mol. The molecule has 0 spiro atoms. The van der Waals surface area contributed by atoms with E-state index in [9.17, 15) is 4.79 Å². The Morgan fingerprint density at radius 2 is 1.57 bits per heavy atom. The summed E-state index contributed by atoms with van der Waals surface area (Å²) in [7, 11) is 0. The Hall–Kier alpha value is -5.11. The van der Waals surface area contributed by atoms with Crippen LogP contribution in [-0.4, -0.2) is 26.3 Å². The maximum atomic E-state index is 13.2. The Morgan fingerprint density at radius 3 is 2.35 bits per heavy atom. The van der Waals surface area contributed by atoms with Crippen LogP contribution in [0.2, 0.25) is 0 Å². The van der Waals surface area contributed by atoms with Crippen LogP contribution in [0.25, 0.3) is 44.9 Å². The number of nitrogens with zero attached hydrogens (tertiary/aromatic N) is 4. The first-order valence-corrected chi connectivity index (χ1v) is 11.6. The summed E-state index contributed by atoms with van der Waals surface area (Å²) in [5, 5.41) is 13.1. The van der Waals surface area contributed by atoms with Crippen LogP contribution in [-0.2, 0) is 11.3 Å². The maximum absolute atomic E-state index is 13.2. The van der Waals surface area contributed by atoms with Crippen LogP contribution in [0.15, 0.2) is 99.9 Å². The molecule has 180 valence electrons. The van der Waals surface area contributed by atoms with Gasteiger partial charge in [-0.25, -0.2) is 9.78 Å². The normalized spacial score (nSPS) is 11.1. The van der Waals surface area contributed by atoms with Crippen LogP contribution in [0.1, 0.15) is 22.0 Å². The summed E-state index contributed by atoms with van der Waals surface area (Å²) < 4.78 is 16.8. The molecule has 3 heterocycles. The van der Waals surface area contributed by atoms with Gasteiger partial charge in [0.05, 0.1) is 16.8 Å². The van der Waals surface area contributed by atoms with E-state index in [1.54, 1.807) is 13.0 Å². The van der Waals surface area contributed by atoms with Gasteiger partial charge in [0.15, 0.2) is 6.61 Å². The van der Waals surface area contributed by atoms with E-state index in [0.29, 0.717) is 39.2 Å². The van der Waals surface area contributed by atoms with Gasteiger partial charge in [0, 0.05) is 16.5 Å². The highest BCUT2D eigenvalue weighted by atomic mass is 16.5. The predicted octanol–water partition coefficient (Wildman–Crippen LogP) is 6.27. The highest BCUT2D eigenvalue weighted by Gasteiger charge is 2.23. The summed E-state index contributed by atoms with van der Waals surface area (Å²) in [5.74, 6) is 0.429. The van der Waals surface area contributed by atoms with Crippen molar-refractivity contribution in [1.29, 1.82) is 0 Å². The number of pyridine rings is 1. The predicted molar refractivity (Wildman–Crippen MR) is 136 cm³/mol. The summed E-state index contributed by atoms with van der Waals surface area (Å²) in [6.45, 7) is 1.59. The van der Waals surface area contributed by atoms with Crippen LogP contribution in [0.4, 0.5) is 0 Å². The first-order chi connectivity index (χ1) is 18.2.